The lowest BCUT2D eigenvalue weighted by Gasteiger charge is -2.51. The summed E-state index contributed by atoms with van der Waals surface area (Å²) in [6.45, 7) is 4.14. The molecule has 4 aliphatic rings. The number of carbonyl (C=O) groups is 5. The van der Waals surface area contributed by atoms with Gasteiger partial charge in [0.25, 0.3) is 0 Å². The van der Waals surface area contributed by atoms with E-state index in [9.17, 15) is 24.0 Å². The zero-order valence-electron chi connectivity index (χ0n) is 36.7. The van der Waals surface area contributed by atoms with E-state index in [4.69, 9.17) is 36.3 Å². The third-order valence-electron chi connectivity index (χ3n) is 12.7. The molecule has 4 bridgehead atoms. The van der Waals surface area contributed by atoms with Crippen molar-refractivity contribution in [3.05, 3.63) is 111 Å². The summed E-state index contributed by atoms with van der Waals surface area (Å²) in [6.07, 6.45) is 9.55. The van der Waals surface area contributed by atoms with Crippen LogP contribution in [0.4, 0.5) is 4.79 Å². The molecular weight excluding hydrogens is 822 g/mol. The molecular formula is C50H60ClN3O9. The Balaban J connectivity index is 1.14. The highest BCUT2D eigenvalue weighted by molar-refractivity contribution is 6.34. The van der Waals surface area contributed by atoms with Gasteiger partial charge in [0.05, 0.1) is 37.6 Å². The van der Waals surface area contributed by atoms with Crippen LogP contribution in [0.5, 0.6) is 5.75 Å². The molecule has 63 heavy (non-hydrogen) atoms. The van der Waals surface area contributed by atoms with E-state index >= 15 is 0 Å². The average molecular weight is 882 g/mol. The van der Waals surface area contributed by atoms with Gasteiger partial charge in [-0.1, -0.05) is 86.1 Å². The van der Waals surface area contributed by atoms with Crippen LogP contribution in [0.15, 0.2) is 78.4 Å². The van der Waals surface area contributed by atoms with Gasteiger partial charge in [-0.3, -0.25) is 14.4 Å². The third-order valence-corrected chi connectivity index (χ3v) is 13.1. The third kappa shape index (κ3) is 12.5. The number of allylic oxidation sites excluding steroid dienone is 1. The van der Waals surface area contributed by atoms with Crippen LogP contribution in [0.1, 0.15) is 93.0 Å². The van der Waals surface area contributed by atoms with Gasteiger partial charge in [0.2, 0.25) is 5.91 Å². The maximum Gasteiger partial charge on any atom is 0.330 e. The Kier molecular flexibility index (Phi) is 16.5. The number of rotatable bonds is 21. The zero-order valence-corrected chi connectivity index (χ0v) is 37.4. The molecule has 3 aromatic rings. The van der Waals surface area contributed by atoms with Crippen molar-refractivity contribution in [1.82, 2.24) is 10.6 Å². The Morgan fingerprint density at radius 3 is 2.10 bits per heavy atom. The molecule has 7 rings (SSSR count). The van der Waals surface area contributed by atoms with Gasteiger partial charge in [-0.05, 0) is 109 Å². The highest BCUT2D eigenvalue weighted by atomic mass is 35.5. The Bertz CT molecular complexity index is 2140. The largest absolute Gasteiger partial charge is 0.496 e. The monoisotopic (exact) mass is 881 g/mol. The smallest absolute Gasteiger partial charge is 0.330 e. The van der Waals surface area contributed by atoms with E-state index in [0.29, 0.717) is 34.6 Å². The van der Waals surface area contributed by atoms with Gasteiger partial charge in [0, 0.05) is 30.2 Å². The van der Waals surface area contributed by atoms with E-state index in [0.717, 1.165) is 39.8 Å². The van der Waals surface area contributed by atoms with E-state index in [-0.39, 0.29) is 50.7 Å². The number of primary amides is 1. The van der Waals surface area contributed by atoms with Gasteiger partial charge in [0.15, 0.2) is 5.78 Å². The average Bonchev–Trinajstić information content (AvgIpc) is 3.26. The van der Waals surface area contributed by atoms with Crippen LogP contribution >= 0.6 is 11.6 Å². The lowest BCUT2D eigenvalue weighted by Crippen LogP contribution is -2.46. The molecule has 4 saturated carbocycles. The first-order valence-electron chi connectivity index (χ1n) is 22.0. The van der Waals surface area contributed by atoms with Gasteiger partial charge in [-0.25, -0.2) is 9.59 Å². The number of halogens is 1. The maximum absolute atomic E-state index is 13.8. The molecule has 0 radical (unpaired) electrons. The van der Waals surface area contributed by atoms with Crippen molar-refractivity contribution in [2.45, 2.75) is 90.9 Å². The number of amides is 3. The second kappa shape index (κ2) is 22.1. The molecule has 2 unspecified atom stereocenters. The fraction of sp³-hybridized carbons (Fsp3) is 0.460. The predicted molar refractivity (Wildman–Crippen MR) is 241 cm³/mol. The van der Waals surface area contributed by atoms with Crippen LogP contribution in [0, 0.1) is 35.5 Å². The predicted octanol–water partition coefficient (Wildman–Crippen LogP) is 8.37. The molecule has 0 saturated heterocycles. The first-order valence-corrected chi connectivity index (χ1v) is 22.3. The van der Waals surface area contributed by atoms with Gasteiger partial charge < -0.3 is 35.3 Å². The Hall–Kier alpha value is -5.62. The highest BCUT2D eigenvalue weighted by Gasteiger charge is 2.47. The normalized spacial score (nSPS) is 19.6. The standard InChI is InChI=1S/C50H60ClN3O9/c1-30(2)40(27-44(57)62-28-32-9-6-5-7-10-32)49(58)54-41(11-8-20-53-50(52)59)42(55)26-31-12-14-33(15-13-31)29-63-47-36(17-19-43(56)60-3)16-18-39(46(47)51)48(61-4)45-37-22-34-21-35(24-37)25-38(45)23-34/h5-7,9-10,12-19,30,34-35,37-38,40-41H,8,11,20-29H2,1-4H3,(H,54,58)(H3,52,53,59)/b19-17+,48-45?. The van der Waals surface area contributed by atoms with Crippen molar-refractivity contribution in [3.8, 4) is 5.75 Å². The number of nitrogens with two attached hydrogens (primary N) is 1. The topological polar surface area (TPSA) is 172 Å². The Labute approximate surface area is 375 Å². The van der Waals surface area contributed by atoms with Gasteiger partial charge in [-0.15, -0.1) is 0 Å². The SMILES string of the molecule is COC(=O)/C=C/c1ccc(C(OC)=C2C3CC4CC(C3)CC2C4)c(Cl)c1OCc1ccc(CC(=O)C(CCCNC(N)=O)NC(=O)C(CC(=O)OCc2ccccc2)C(C)C)cc1. The van der Waals surface area contributed by atoms with Crippen molar-refractivity contribution in [2.75, 3.05) is 20.8 Å². The van der Waals surface area contributed by atoms with Crippen LogP contribution < -0.4 is 21.1 Å². The number of benzene rings is 3. The van der Waals surface area contributed by atoms with Crippen LogP contribution in [0.25, 0.3) is 11.8 Å². The number of ether oxygens (including phenoxy) is 4. The van der Waals surface area contributed by atoms with Crippen LogP contribution in [0.3, 0.4) is 0 Å². The second-order valence-corrected chi connectivity index (χ2v) is 17.8. The number of hydrogen-bond acceptors (Lipinski definition) is 9. The first kappa shape index (κ1) is 46.9. The molecule has 0 aliphatic heterocycles. The van der Waals surface area contributed by atoms with Crippen molar-refractivity contribution in [1.29, 1.82) is 0 Å². The van der Waals surface area contributed by atoms with E-state index in [1.165, 1.54) is 50.9 Å². The Morgan fingerprint density at radius 2 is 1.48 bits per heavy atom. The van der Waals surface area contributed by atoms with E-state index in [2.05, 4.69) is 10.6 Å². The molecule has 3 aromatic carbocycles. The summed E-state index contributed by atoms with van der Waals surface area (Å²) in [4.78, 5) is 63.7. The minimum atomic E-state index is -0.881. The molecule has 4 fully saturated rings. The van der Waals surface area contributed by atoms with Crippen LogP contribution in [-0.2, 0) is 53.0 Å². The number of Topliss-reactive ketones (excluding diaryl/α,β-unsaturated/α-hetero) is 1. The molecule has 2 atom stereocenters. The van der Waals surface area contributed by atoms with Gasteiger partial charge in [-0.2, -0.15) is 0 Å². The lowest BCUT2D eigenvalue weighted by atomic mass is 9.54. The van der Waals surface area contributed by atoms with E-state index < -0.39 is 35.8 Å². The fourth-order valence-electron chi connectivity index (χ4n) is 9.65. The summed E-state index contributed by atoms with van der Waals surface area (Å²) in [5.41, 5.74) is 10.3. The minimum Gasteiger partial charge on any atom is -0.496 e. The number of carbonyl (C=O) groups excluding carboxylic acids is 5. The lowest BCUT2D eigenvalue weighted by molar-refractivity contribution is -0.149. The minimum absolute atomic E-state index is 0.0229. The van der Waals surface area contributed by atoms with Crippen molar-refractivity contribution in [3.63, 3.8) is 0 Å². The molecule has 4 N–H and O–H groups in total. The molecule has 0 aromatic heterocycles. The van der Waals surface area contributed by atoms with Gasteiger partial charge >= 0.3 is 18.0 Å². The number of hydrogen-bond donors (Lipinski definition) is 3. The summed E-state index contributed by atoms with van der Waals surface area (Å²) in [6, 6.07) is 18.9. The zero-order chi connectivity index (χ0) is 45.0. The van der Waals surface area contributed by atoms with E-state index in [1.54, 1.807) is 13.2 Å². The number of urea groups is 1. The quantitative estimate of drug-likeness (QED) is 0.0411. The molecule has 336 valence electrons. The molecule has 0 spiro atoms. The summed E-state index contributed by atoms with van der Waals surface area (Å²) in [5.74, 6) is 1.16. The summed E-state index contributed by atoms with van der Waals surface area (Å²) < 4.78 is 22.9. The fourth-order valence-corrected chi connectivity index (χ4v) is 9.96. The number of esters is 2. The first-order chi connectivity index (χ1) is 30.3. The van der Waals surface area contributed by atoms with Crippen LogP contribution in [0.2, 0.25) is 5.02 Å². The molecule has 4 aliphatic carbocycles. The second-order valence-electron chi connectivity index (χ2n) is 17.4. The van der Waals surface area contributed by atoms with Crippen molar-refractivity contribution in [2.24, 2.45) is 41.2 Å². The number of methoxy groups -OCH3 is 2. The van der Waals surface area contributed by atoms with Crippen LogP contribution in [-0.4, -0.2) is 56.5 Å². The van der Waals surface area contributed by atoms with Crippen molar-refractivity contribution < 1.29 is 42.9 Å². The van der Waals surface area contributed by atoms with Crippen molar-refractivity contribution >= 4 is 53.1 Å². The molecule has 3 amide bonds. The summed E-state index contributed by atoms with van der Waals surface area (Å²) in [7, 11) is 3.02. The molecule has 13 heteroatoms. The molecule has 12 nitrogen and oxygen atoms in total. The van der Waals surface area contributed by atoms with Gasteiger partial charge in [0.1, 0.15) is 24.7 Å². The van der Waals surface area contributed by atoms with E-state index in [1.807, 2.05) is 80.6 Å². The summed E-state index contributed by atoms with van der Waals surface area (Å²) in [5, 5.41) is 5.82. The number of ketones is 1. The Morgan fingerprint density at radius 1 is 0.825 bits per heavy atom. The number of nitrogens with one attached hydrogen (secondary N) is 2. The molecule has 0 heterocycles. The summed E-state index contributed by atoms with van der Waals surface area (Å²) >= 11 is 7.22. The maximum atomic E-state index is 13.8. The highest BCUT2D eigenvalue weighted by Crippen LogP contribution is 2.58.